The average Bonchev–Trinajstić information content (AvgIpc) is 2.33. The summed E-state index contributed by atoms with van der Waals surface area (Å²) in [4.78, 5) is 2.43. The van der Waals surface area contributed by atoms with Crippen LogP contribution in [-0.4, -0.2) is 25.7 Å². The SMILES string of the molecule is CCNC1CCCN(c2ccc(C)c(Cl)c2)C1. The largest absolute Gasteiger partial charge is 0.370 e. The number of anilines is 1. The highest BCUT2D eigenvalue weighted by atomic mass is 35.5. The lowest BCUT2D eigenvalue weighted by molar-refractivity contribution is 0.431. The lowest BCUT2D eigenvalue weighted by atomic mass is 10.0. The van der Waals surface area contributed by atoms with E-state index in [1.165, 1.54) is 18.5 Å². The zero-order valence-corrected chi connectivity index (χ0v) is 11.4. The normalized spacial score (nSPS) is 20.6. The van der Waals surface area contributed by atoms with Gasteiger partial charge in [-0.25, -0.2) is 0 Å². The van der Waals surface area contributed by atoms with Crippen molar-refractivity contribution in [2.45, 2.75) is 32.7 Å². The van der Waals surface area contributed by atoms with Crippen LogP contribution in [0.25, 0.3) is 0 Å². The summed E-state index contributed by atoms with van der Waals surface area (Å²) in [6.07, 6.45) is 2.53. The van der Waals surface area contributed by atoms with Crippen LogP contribution in [0.1, 0.15) is 25.3 Å². The van der Waals surface area contributed by atoms with Crippen molar-refractivity contribution < 1.29 is 0 Å². The van der Waals surface area contributed by atoms with E-state index in [2.05, 4.69) is 35.3 Å². The van der Waals surface area contributed by atoms with Crippen LogP contribution in [0.2, 0.25) is 5.02 Å². The van der Waals surface area contributed by atoms with Gasteiger partial charge in [0, 0.05) is 29.8 Å². The molecular formula is C14H21ClN2. The quantitative estimate of drug-likeness (QED) is 0.889. The highest BCUT2D eigenvalue weighted by Crippen LogP contribution is 2.25. The topological polar surface area (TPSA) is 15.3 Å². The Labute approximate surface area is 109 Å². The van der Waals surface area contributed by atoms with Crippen LogP contribution in [0.4, 0.5) is 5.69 Å². The fourth-order valence-corrected chi connectivity index (χ4v) is 2.62. The highest BCUT2D eigenvalue weighted by molar-refractivity contribution is 6.31. The number of piperidine rings is 1. The molecule has 1 saturated heterocycles. The summed E-state index contributed by atoms with van der Waals surface area (Å²) in [5.41, 5.74) is 2.40. The molecule has 0 aromatic heterocycles. The van der Waals surface area contributed by atoms with Gasteiger partial charge >= 0.3 is 0 Å². The Balaban J connectivity index is 2.08. The molecule has 0 bridgehead atoms. The molecule has 1 fully saturated rings. The van der Waals surface area contributed by atoms with Gasteiger partial charge in [-0.05, 0) is 44.0 Å². The number of rotatable bonds is 3. The monoisotopic (exact) mass is 252 g/mol. The minimum absolute atomic E-state index is 0.619. The van der Waals surface area contributed by atoms with E-state index in [9.17, 15) is 0 Å². The van der Waals surface area contributed by atoms with Crippen molar-refractivity contribution in [1.29, 1.82) is 0 Å². The van der Waals surface area contributed by atoms with E-state index in [1.54, 1.807) is 0 Å². The molecular weight excluding hydrogens is 232 g/mol. The molecule has 0 amide bonds. The van der Waals surface area contributed by atoms with E-state index in [0.29, 0.717) is 6.04 Å². The maximum Gasteiger partial charge on any atom is 0.0455 e. The van der Waals surface area contributed by atoms with Gasteiger partial charge in [-0.3, -0.25) is 0 Å². The molecule has 2 rings (SSSR count). The molecule has 0 aliphatic carbocycles. The van der Waals surface area contributed by atoms with Crippen LogP contribution in [-0.2, 0) is 0 Å². The molecule has 1 aliphatic heterocycles. The van der Waals surface area contributed by atoms with E-state index in [4.69, 9.17) is 11.6 Å². The predicted molar refractivity (Wildman–Crippen MR) is 75.1 cm³/mol. The van der Waals surface area contributed by atoms with Crippen LogP contribution in [0.15, 0.2) is 18.2 Å². The second kappa shape index (κ2) is 5.74. The van der Waals surface area contributed by atoms with Gasteiger partial charge in [-0.2, -0.15) is 0 Å². The van der Waals surface area contributed by atoms with E-state index < -0.39 is 0 Å². The van der Waals surface area contributed by atoms with Gasteiger partial charge in [-0.15, -0.1) is 0 Å². The number of halogens is 1. The van der Waals surface area contributed by atoms with E-state index in [1.807, 2.05) is 6.92 Å². The molecule has 17 heavy (non-hydrogen) atoms. The lowest BCUT2D eigenvalue weighted by Crippen LogP contribution is -2.45. The Morgan fingerprint density at radius 1 is 1.47 bits per heavy atom. The van der Waals surface area contributed by atoms with Crippen molar-refractivity contribution in [3.63, 3.8) is 0 Å². The zero-order valence-electron chi connectivity index (χ0n) is 10.7. The first-order chi connectivity index (χ1) is 8.20. The summed E-state index contributed by atoms with van der Waals surface area (Å²) in [6, 6.07) is 6.99. The molecule has 0 saturated carbocycles. The summed E-state index contributed by atoms with van der Waals surface area (Å²) in [5, 5.41) is 4.40. The Hall–Kier alpha value is -0.730. The van der Waals surface area contributed by atoms with Crippen molar-refractivity contribution in [3.05, 3.63) is 28.8 Å². The van der Waals surface area contributed by atoms with E-state index >= 15 is 0 Å². The Bertz CT molecular complexity index is 376. The number of nitrogens with one attached hydrogen (secondary N) is 1. The summed E-state index contributed by atoms with van der Waals surface area (Å²) in [6.45, 7) is 7.49. The first-order valence-corrected chi connectivity index (χ1v) is 6.83. The van der Waals surface area contributed by atoms with Crippen LogP contribution in [0.5, 0.6) is 0 Å². The highest BCUT2D eigenvalue weighted by Gasteiger charge is 2.19. The molecule has 1 aromatic carbocycles. The lowest BCUT2D eigenvalue weighted by Gasteiger charge is -2.35. The van der Waals surface area contributed by atoms with Gasteiger partial charge in [0.05, 0.1) is 0 Å². The van der Waals surface area contributed by atoms with E-state index in [0.717, 1.165) is 30.2 Å². The van der Waals surface area contributed by atoms with Crippen LogP contribution >= 0.6 is 11.6 Å². The summed E-state index contributed by atoms with van der Waals surface area (Å²) in [7, 11) is 0. The fraction of sp³-hybridized carbons (Fsp3) is 0.571. The molecule has 1 unspecified atom stereocenters. The third-order valence-corrected chi connectivity index (χ3v) is 3.84. The molecule has 2 nitrogen and oxygen atoms in total. The smallest absolute Gasteiger partial charge is 0.0455 e. The number of nitrogens with zero attached hydrogens (tertiary/aromatic N) is 1. The van der Waals surface area contributed by atoms with Crippen molar-refractivity contribution >= 4 is 17.3 Å². The standard InChI is InChI=1S/C14H21ClN2/c1-3-16-12-5-4-8-17(10-12)13-7-6-11(2)14(15)9-13/h6-7,9,12,16H,3-5,8,10H2,1-2H3. The molecule has 0 spiro atoms. The molecule has 3 heteroatoms. The second-order valence-corrected chi connectivity index (χ2v) is 5.18. The Morgan fingerprint density at radius 3 is 3.00 bits per heavy atom. The van der Waals surface area contributed by atoms with Gasteiger partial charge in [0.25, 0.3) is 0 Å². The molecule has 1 aliphatic rings. The number of benzene rings is 1. The third-order valence-electron chi connectivity index (χ3n) is 3.43. The average molecular weight is 253 g/mol. The minimum atomic E-state index is 0.619. The van der Waals surface area contributed by atoms with Gasteiger partial charge in [-0.1, -0.05) is 24.6 Å². The first-order valence-electron chi connectivity index (χ1n) is 6.45. The molecule has 94 valence electrons. The van der Waals surface area contributed by atoms with Crippen molar-refractivity contribution in [3.8, 4) is 0 Å². The third kappa shape index (κ3) is 3.14. The molecule has 1 heterocycles. The maximum absolute atomic E-state index is 6.19. The van der Waals surface area contributed by atoms with Crippen LogP contribution in [0, 0.1) is 6.92 Å². The molecule has 1 aromatic rings. The van der Waals surface area contributed by atoms with Crippen molar-refractivity contribution in [2.24, 2.45) is 0 Å². The molecule has 1 N–H and O–H groups in total. The van der Waals surface area contributed by atoms with Crippen molar-refractivity contribution in [1.82, 2.24) is 5.32 Å². The second-order valence-electron chi connectivity index (χ2n) is 4.78. The van der Waals surface area contributed by atoms with Gasteiger partial charge in [0.15, 0.2) is 0 Å². The maximum atomic E-state index is 6.19. The predicted octanol–water partition coefficient (Wildman–Crippen LogP) is 3.23. The summed E-state index contributed by atoms with van der Waals surface area (Å²) in [5.74, 6) is 0. The van der Waals surface area contributed by atoms with Crippen molar-refractivity contribution in [2.75, 3.05) is 24.5 Å². The van der Waals surface area contributed by atoms with Gasteiger partial charge < -0.3 is 10.2 Å². The van der Waals surface area contributed by atoms with Gasteiger partial charge in [0.2, 0.25) is 0 Å². The molecule has 0 radical (unpaired) electrons. The summed E-state index contributed by atoms with van der Waals surface area (Å²) >= 11 is 6.19. The van der Waals surface area contributed by atoms with Gasteiger partial charge in [0.1, 0.15) is 0 Å². The fourth-order valence-electron chi connectivity index (χ4n) is 2.45. The first kappa shape index (κ1) is 12.7. The van der Waals surface area contributed by atoms with E-state index in [-0.39, 0.29) is 0 Å². The molecule has 1 atom stereocenters. The number of hydrogen-bond donors (Lipinski definition) is 1. The number of hydrogen-bond acceptors (Lipinski definition) is 2. The number of likely N-dealkylation sites (N-methyl/N-ethyl adjacent to an activating group) is 1. The Kier molecular flexibility index (Phi) is 4.30. The zero-order chi connectivity index (χ0) is 12.3. The summed E-state index contributed by atoms with van der Waals surface area (Å²) < 4.78 is 0. The van der Waals surface area contributed by atoms with Crippen LogP contribution < -0.4 is 10.2 Å². The van der Waals surface area contributed by atoms with Crippen LogP contribution in [0.3, 0.4) is 0 Å². The number of aryl methyl sites for hydroxylation is 1. The minimum Gasteiger partial charge on any atom is -0.370 e. The Morgan fingerprint density at radius 2 is 2.29 bits per heavy atom.